The Balaban J connectivity index is 1.46. The fourth-order valence-corrected chi connectivity index (χ4v) is 5.46. The van der Waals surface area contributed by atoms with E-state index in [0.717, 1.165) is 28.1 Å². The molecule has 5 nitrogen and oxygen atoms in total. The van der Waals surface area contributed by atoms with Gasteiger partial charge in [-0.25, -0.2) is 0 Å². The molecular weight excluding hydrogens is 486 g/mol. The molecule has 1 heterocycles. The molecule has 0 aromatic heterocycles. The van der Waals surface area contributed by atoms with Gasteiger partial charge in [-0.05, 0) is 60.2 Å². The molecule has 0 saturated carbocycles. The van der Waals surface area contributed by atoms with Crippen molar-refractivity contribution in [3.05, 3.63) is 112 Å². The molecule has 1 aliphatic heterocycles. The van der Waals surface area contributed by atoms with Crippen molar-refractivity contribution in [3.8, 4) is 5.75 Å². The normalized spacial score (nSPS) is 21.2. The van der Waals surface area contributed by atoms with Crippen LogP contribution in [0.15, 0.2) is 95.1 Å². The predicted molar refractivity (Wildman–Crippen MR) is 144 cm³/mol. The molecule has 5 rings (SSSR count). The molecule has 188 valence electrons. The molecule has 3 aromatic rings. The van der Waals surface area contributed by atoms with Crippen molar-refractivity contribution in [2.75, 3.05) is 7.11 Å². The minimum Gasteiger partial charge on any atom is -0.489 e. The second-order valence-corrected chi connectivity index (χ2v) is 9.95. The van der Waals surface area contributed by atoms with E-state index in [0.29, 0.717) is 35.8 Å². The van der Waals surface area contributed by atoms with Gasteiger partial charge in [-0.1, -0.05) is 66.2 Å². The number of ketones is 1. The van der Waals surface area contributed by atoms with Crippen molar-refractivity contribution in [2.24, 2.45) is 10.9 Å². The smallest absolute Gasteiger partial charge is 0.315 e. The number of hydrogen-bond acceptors (Lipinski definition) is 5. The van der Waals surface area contributed by atoms with E-state index in [1.807, 2.05) is 85.8 Å². The highest BCUT2D eigenvalue weighted by Gasteiger charge is 2.44. The largest absolute Gasteiger partial charge is 0.489 e. The summed E-state index contributed by atoms with van der Waals surface area (Å²) >= 11 is 6.07. The van der Waals surface area contributed by atoms with Gasteiger partial charge in [0.1, 0.15) is 18.3 Å². The molecule has 0 N–H and O–H groups in total. The van der Waals surface area contributed by atoms with Crippen LogP contribution in [-0.4, -0.2) is 24.6 Å². The second-order valence-electron chi connectivity index (χ2n) is 9.52. The number of carbonyl (C=O) groups is 2. The van der Waals surface area contributed by atoms with Crippen molar-refractivity contribution in [3.63, 3.8) is 0 Å². The quantitative estimate of drug-likeness (QED) is 0.345. The number of ether oxygens (including phenoxy) is 2. The highest BCUT2D eigenvalue weighted by molar-refractivity contribution is 6.30. The zero-order valence-electron chi connectivity index (χ0n) is 20.8. The van der Waals surface area contributed by atoms with Crippen molar-refractivity contribution < 1.29 is 19.1 Å². The molecule has 0 saturated heterocycles. The van der Waals surface area contributed by atoms with Gasteiger partial charge in [-0.15, -0.1) is 0 Å². The van der Waals surface area contributed by atoms with Crippen LogP contribution in [0, 0.1) is 5.92 Å². The van der Waals surface area contributed by atoms with Gasteiger partial charge in [0.25, 0.3) is 0 Å². The van der Waals surface area contributed by atoms with Gasteiger partial charge in [0.05, 0.1) is 7.11 Å². The monoisotopic (exact) mass is 513 g/mol. The highest BCUT2D eigenvalue weighted by Crippen LogP contribution is 2.47. The summed E-state index contributed by atoms with van der Waals surface area (Å²) in [6.45, 7) is 2.30. The third-order valence-electron chi connectivity index (χ3n) is 7.17. The average molecular weight is 514 g/mol. The van der Waals surface area contributed by atoms with Crippen LogP contribution in [0.25, 0.3) is 0 Å². The summed E-state index contributed by atoms with van der Waals surface area (Å²) in [5, 5.41) is 0.662. The lowest BCUT2D eigenvalue weighted by Gasteiger charge is -2.36. The lowest BCUT2D eigenvalue weighted by Crippen LogP contribution is -2.37. The highest BCUT2D eigenvalue weighted by atomic mass is 35.5. The molecule has 1 unspecified atom stereocenters. The molecule has 0 spiro atoms. The number of nitrogens with zero attached hydrogens (tertiary/aromatic N) is 1. The summed E-state index contributed by atoms with van der Waals surface area (Å²) in [5.74, 6) is -0.757. The summed E-state index contributed by atoms with van der Waals surface area (Å²) in [6, 6.07) is 25.2. The van der Waals surface area contributed by atoms with E-state index in [1.54, 1.807) is 0 Å². The molecule has 6 heteroatoms. The number of carbonyl (C=O) groups excluding carboxylic acids is 2. The van der Waals surface area contributed by atoms with Gasteiger partial charge in [0.15, 0.2) is 5.78 Å². The third-order valence-corrected chi connectivity index (χ3v) is 7.42. The number of halogens is 1. The minimum atomic E-state index is -0.657. The molecule has 3 atom stereocenters. The molecule has 0 bridgehead atoms. The Hall–Kier alpha value is -3.70. The first-order chi connectivity index (χ1) is 17.9. The summed E-state index contributed by atoms with van der Waals surface area (Å²) in [5.41, 5.74) is 5.03. The van der Waals surface area contributed by atoms with Crippen LogP contribution in [0.3, 0.4) is 0 Å². The molecule has 3 aromatic carbocycles. The Morgan fingerprint density at radius 1 is 0.946 bits per heavy atom. The van der Waals surface area contributed by atoms with E-state index in [2.05, 4.69) is 0 Å². The Morgan fingerprint density at radius 3 is 2.30 bits per heavy atom. The Kier molecular flexibility index (Phi) is 7.24. The maximum Gasteiger partial charge on any atom is 0.315 e. The fourth-order valence-electron chi connectivity index (χ4n) is 5.33. The Morgan fingerprint density at radius 2 is 1.62 bits per heavy atom. The van der Waals surface area contributed by atoms with Crippen molar-refractivity contribution >= 4 is 29.1 Å². The van der Waals surface area contributed by atoms with Crippen LogP contribution >= 0.6 is 11.6 Å². The second kappa shape index (κ2) is 10.7. The third kappa shape index (κ3) is 5.23. The van der Waals surface area contributed by atoms with Crippen molar-refractivity contribution in [1.29, 1.82) is 0 Å². The van der Waals surface area contributed by atoms with E-state index >= 15 is 0 Å². The van der Waals surface area contributed by atoms with Gasteiger partial charge in [-0.2, -0.15) is 0 Å². The minimum absolute atomic E-state index is 0.0146. The van der Waals surface area contributed by atoms with Crippen molar-refractivity contribution in [1.82, 2.24) is 0 Å². The lowest BCUT2D eigenvalue weighted by atomic mass is 9.69. The fraction of sp³-hybridized carbons (Fsp3) is 0.258. The summed E-state index contributed by atoms with van der Waals surface area (Å²) < 4.78 is 11.1. The Labute approximate surface area is 221 Å². The number of hydrogen-bond donors (Lipinski definition) is 0. The standard InChI is InChI=1S/C31H28ClNO4/c1-19-28(31(35)36-2)29(22-10-14-25(15-11-22)37-18-20-6-4-3-5-7-20)30-26(33-19)16-23(17-27(30)34)21-8-12-24(32)13-9-21/h3-15,23,28-29H,16-18H2,1-2H3/t23-,28?,29+/m0/s1. The van der Waals surface area contributed by atoms with E-state index < -0.39 is 17.8 Å². The van der Waals surface area contributed by atoms with Crippen LogP contribution in [-0.2, 0) is 20.9 Å². The molecule has 37 heavy (non-hydrogen) atoms. The van der Waals surface area contributed by atoms with Gasteiger partial charge in [0.2, 0.25) is 0 Å². The van der Waals surface area contributed by atoms with E-state index in [-0.39, 0.29) is 11.7 Å². The van der Waals surface area contributed by atoms with Crippen LogP contribution in [0.4, 0.5) is 0 Å². The molecule has 0 amide bonds. The maximum atomic E-state index is 13.6. The Bertz CT molecular complexity index is 1360. The SMILES string of the molecule is COC(=O)C1C(C)=NC2=C(C(=O)C[C@@H](c3ccc(Cl)cc3)C2)[C@@H]1c1ccc(OCc2ccccc2)cc1. The molecule has 2 aliphatic rings. The van der Waals surface area contributed by atoms with Gasteiger partial charge in [-0.3, -0.25) is 14.6 Å². The van der Waals surface area contributed by atoms with E-state index in [4.69, 9.17) is 26.1 Å². The zero-order chi connectivity index (χ0) is 25.9. The predicted octanol–water partition coefficient (Wildman–Crippen LogP) is 6.67. The van der Waals surface area contributed by atoms with Gasteiger partial charge in [0, 0.05) is 34.3 Å². The number of esters is 1. The first-order valence-corrected chi connectivity index (χ1v) is 12.7. The number of Topliss-reactive ketones (excluding diaryl/α,β-unsaturated/α-hetero) is 1. The van der Waals surface area contributed by atoms with Gasteiger partial charge < -0.3 is 9.47 Å². The molecule has 0 fully saturated rings. The van der Waals surface area contributed by atoms with Crippen LogP contribution < -0.4 is 4.74 Å². The summed E-state index contributed by atoms with van der Waals surface area (Å²) in [4.78, 5) is 31.3. The van der Waals surface area contributed by atoms with Crippen LogP contribution in [0.2, 0.25) is 5.02 Å². The lowest BCUT2D eigenvalue weighted by molar-refractivity contribution is -0.143. The number of methoxy groups -OCH3 is 1. The first kappa shape index (κ1) is 25.0. The maximum absolute atomic E-state index is 13.6. The number of benzene rings is 3. The van der Waals surface area contributed by atoms with E-state index in [1.165, 1.54) is 7.11 Å². The van der Waals surface area contributed by atoms with Gasteiger partial charge >= 0.3 is 5.97 Å². The number of allylic oxidation sites excluding steroid dienone is 2. The number of aliphatic imine (C=N–C) groups is 1. The van der Waals surface area contributed by atoms with Crippen LogP contribution in [0.5, 0.6) is 5.75 Å². The molecule has 0 radical (unpaired) electrons. The first-order valence-electron chi connectivity index (χ1n) is 12.4. The van der Waals surface area contributed by atoms with E-state index in [9.17, 15) is 9.59 Å². The zero-order valence-corrected chi connectivity index (χ0v) is 21.6. The molecular formula is C31H28ClNO4. The topological polar surface area (TPSA) is 65.0 Å². The van der Waals surface area contributed by atoms with Crippen LogP contribution in [0.1, 0.15) is 48.3 Å². The summed E-state index contributed by atoms with van der Waals surface area (Å²) in [7, 11) is 1.37. The average Bonchev–Trinajstić information content (AvgIpc) is 2.92. The number of rotatable bonds is 6. The molecule has 1 aliphatic carbocycles. The summed E-state index contributed by atoms with van der Waals surface area (Å²) in [6.07, 6.45) is 0.987. The van der Waals surface area contributed by atoms with Crippen molar-refractivity contribution in [2.45, 2.75) is 38.2 Å².